The van der Waals surface area contributed by atoms with E-state index in [9.17, 15) is 4.79 Å². The van der Waals surface area contributed by atoms with E-state index in [0.29, 0.717) is 34.3 Å². The van der Waals surface area contributed by atoms with Crippen molar-refractivity contribution < 1.29 is 14.1 Å². The summed E-state index contributed by atoms with van der Waals surface area (Å²) in [5, 5.41) is 4.28. The van der Waals surface area contributed by atoms with Gasteiger partial charge in [-0.1, -0.05) is 30.6 Å². The third-order valence-electron chi connectivity index (χ3n) is 2.43. The Hall–Kier alpha value is -1.88. The lowest BCUT2D eigenvalue weighted by Crippen LogP contribution is -2.00. The largest absolute Gasteiger partial charge is 0.485 e. The standard InChI is InChI=1S/C13H13ClN2O3/c1-8(2)13-15-12(16-19-13)7-18-11-4-3-10(14)5-9(11)6-17/h3-6,8H,7H2,1-2H3. The van der Waals surface area contributed by atoms with E-state index in [2.05, 4.69) is 10.1 Å². The van der Waals surface area contributed by atoms with Gasteiger partial charge < -0.3 is 9.26 Å². The molecule has 100 valence electrons. The topological polar surface area (TPSA) is 65.2 Å². The number of benzene rings is 1. The highest BCUT2D eigenvalue weighted by Gasteiger charge is 2.11. The molecule has 0 bridgehead atoms. The maximum atomic E-state index is 10.9. The summed E-state index contributed by atoms with van der Waals surface area (Å²) in [6.07, 6.45) is 0.691. The number of aldehydes is 1. The van der Waals surface area contributed by atoms with Crippen LogP contribution in [0.1, 0.15) is 41.8 Å². The molecule has 0 fully saturated rings. The smallest absolute Gasteiger partial charge is 0.229 e. The molecule has 0 amide bonds. The molecule has 1 heterocycles. The van der Waals surface area contributed by atoms with Crippen LogP contribution < -0.4 is 4.74 Å². The van der Waals surface area contributed by atoms with E-state index >= 15 is 0 Å². The Morgan fingerprint density at radius 1 is 1.47 bits per heavy atom. The minimum Gasteiger partial charge on any atom is -0.485 e. The zero-order valence-electron chi connectivity index (χ0n) is 10.6. The zero-order valence-corrected chi connectivity index (χ0v) is 11.3. The van der Waals surface area contributed by atoms with Gasteiger partial charge in [0.2, 0.25) is 11.7 Å². The zero-order chi connectivity index (χ0) is 13.8. The number of ether oxygens (including phenoxy) is 1. The Balaban J connectivity index is 2.07. The van der Waals surface area contributed by atoms with Gasteiger partial charge in [0.25, 0.3) is 0 Å². The molecule has 1 aromatic carbocycles. The molecule has 5 nitrogen and oxygen atoms in total. The minimum absolute atomic E-state index is 0.138. The van der Waals surface area contributed by atoms with E-state index in [1.165, 1.54) is 0 Å². The summed E-state index contributed by atoms with van der Waals surface area (Å²) < 4.78 is 10.5. The Morgan fingerprint density at radius 3 is 2.89 bits per heavy atom. The first-order valence-electron chi connectivity index (χ1n) is 5.80. The molecule has 6 heteroatoms. The summed E-state index contributed by atoms with van der Waals surface area (Å²) in [4.78, 5) is 15.1. The number of carbonyl (C=O) groups is 1. The van der Waals surface area contributed by atoms with Gasteiger partial charge in [-0.05, 0) is 18.2 Å². The van der Waals surface area contributed by atoms with Crippen molar-refractivity contribution in [1.82, 2.24) is 10.1 Å². The van der Waals surface area contributed by atoms with Gasteiger partial charge in [0.1, 0.15) is 5.75 Å². The Labute approximate surface area is 115 Å². The van der Waals surface area contributed by atoms with Crippen molar-refractivity contribution in [3.63, 3.8) is 0 Å². The van der Waals surface area contributed by atoms with Crippen LogP contribution in [0.4, 0.5) is 0 Å². The molecular weight excluding hydrogens is 268 g/mol. The second-order valence-corrected chi connectivity index (χ2v) is 4.73. The molecule has 0 saturated heterocycles. The fraction of sp³-hybridized carbons (Fsp3) is 0.308. The van der Waals surface area contributed by atoms with Crippen molar-refractivity contribution in [3.8, 4) is 5.75 Å². The van der Waals surface area contributed by atoms with Crippen LogP contribution in [-0.4, -0.2) is 16.4 Å². The maximum absolute atomic E-state index is 10.9. The second kappa shape index (κ2) is 5.84. The van der Waals surface area contributed by atoms with E-state index in [0.717, 1.165) is 0 Å². The van der Waals surface area contributed by atoms with Crippen LogP contribution in [0.2, 0.25) is 5.02 Å². The van der Waals surface area contributed by atoms with Crippen molar-refractivity contribution in [2.45, 2.75) is 26.4 Å². The average molecular weight is 281 g/mol. The lowest BCUT2D eigenvalue weighted by Gasteiger charge is -2.06. The number of hydrogen-bond acceptors (Lipinski definition) is 5. The van der Waals surface area contributed by atoms with Gasteiger partial charge in [-0.15, -0.1) is 0 Å². The van der Waals surface area contributed by atoms with E-state index in [1.807, 2.05) is 13.8 Å². The van der Waals surface area contributed by atoms with Crippen LogP contribution in [0.3, 0.4) is 0 Å². The fourth-order valence-electron chi connectivity index (χ4n) is 1.45. The molecule has 0 unspecified atom stereocenters. The monoisotopic (exact) mass is 280 g/mol. The van der Waals surface area contributed by atoms with Crippen molar-refractivity contribution in [2.24, 2.45) is 0 Å². The SMILES string of the molecule is CC(C)c1nc(COc2ccc(Cl)cc2C=O)no1. The third kappa shape index (κ3) is 3.32. The predicted molar refractivity (Wildman–Crippen MR) is 69.6 cm³/mol. The van der Waals surface area contributed by atoms with Crippen molar-refractivity contribution >= 4 is 17.9 Å². The normalized spacial score (nSPS) is 10.7. The van der Waals surface area contributed by atoms with Crippen LogP contribution >= 0.6 is 11.6 Å². The summed E-state index contributed by atoms with van der Waals surface area (Å²) in [6, 6.07) is 4.83. The van der Waals surface area contributed by atoms with Crippen LogP contribution in [0.15, 0.2) is 22.7 Å². The van der Waals surface area contributed by atoms with Gasteiger partial charge in [-0.3, -0.25) is 4.79 Å². The number of nitrogens with zero attached hydrogens (tertiary/aromatic N) is 2. The molecule has 19 heavy (non-hydrogen) atoms. The fourth-order valence-corrected chi connectivity index (χ4v) is 1.63. The lowest BCUT2D eigenvalue weighted by atomic mass is 10.2. The number of rotatable bonds is 5. The molecule has 2 aromatic rings. The number of halogens is 1. The summed E-state index contributed by atoms with van der Waals surface area (Å²) >= 11 is 5.80. The van der Waals surface area contributed by atoms with Crippen molar-refractivity contribution in [2.75, 3.05) is 0 Å². The van der Waals surface area contributed by atoms with Crippen LogP contribution in [0, 0.1) is 0 Å². The van der Waals surface area contributed by atoms with Gasteiger partial charge in [-0.25, -0.2) is 0 Å². The van der Waals surface area contributed by atoms with E-state index in [4.69, 9.17) is 20.9 Å². The number of aromatic nitrogens is 2. The molecule has 0 saturated carbocycles. The molecule has 0 aliphatic rings. The number of hydrogen-bond donors (Lipinski definition) is 0. The highest BCUT2D eigenvalue weighted by Crippen LogP contribution is 2.22. The first-order valence-corrected chi connectivity index (χ1v) is 6.18. The number of carbonyl (C=O) groups excluding carboxylic acids is 1. The van der Waals surface area contributed by atoms with E-state index in [-0.39, 0.29) is 12.5 Å². The first-order chi connectivity index (χ1) is 9.10. The quantitative estimate of drug-likeness (QED) is 0.787. The molecule has 0 aliphatic heterocycles. The molecule has 0 aliphatic carbocycles. The predicted octanol–water partition coefficient (Wildman–Crippen LogP) is 3.24. The van der Waals surface area contributed by atoms with Crippen LogP contribution in [-0.2, 0) is 6.61 Å². The maximum Gasteiger partial charge on any atom is 0.229 e. The summed E-state index contributed by atoms with van der Waals surface area (Å²) in [6.45, 7) is 4.06. The van der Waals surface area contributed by atoms with Crippen molar-refractivity contribution in [1.29, 1.82) is 0 Å². The van der Waals surface area contributed by atoms with Crippen LogP contribution in [0.5, 0.6) is 5.75 Å². The molecule has 0 spiro atoms. The van der Waals surface area contributed by atoms with Gasteiger partial charge in [-0.2, -0.15) is 4.98 Å². The van der Waals surface area contributed by atoms with E-state index in [1.54, 1.807) is 18.2 Å². The molecule has 0 N–H and O–H groups in total. The third-order valence-corrected chi connectivity index (χ3v) is 2.67. The van der Waals surface area contributed by atoms with Gasteiger partial charge in [0.05, 0.1) is 5.56 Å². The Morgan fingerprint density at radius 2 is 2.26 bits per heavy atom. The second-order valence-electron chi connectivity index (χ2n) is 4.29. The summed E-state index contributed by atoms with van der Waals surface area (Å²) in [5.74, 6) is 1.61. The van der Waals surface area contributed by atoms with Gasteiger partial charge in [0, 0.05) is 10.9 Å². The van der Waals surface area contributed by atoms with E-state index < -0.39 is 0 Å². The minimum atomic E-state index is 0.138. The molecule has 1 aromatic heterocycles. The highest BCUT2D eigenvalue weighted by atomic mass is 35.5. The molecule has 2 rings (SSSR count). The molecule has 0 atom stereocenters. The Bertz CT molecular complexity index is 581. The Kier molecular flexibility index (Phi) is 4.16. The summed E-state index contributed by atoms with van der Waals surface area (Å²) in [7, 11) is 0. The molecular formula is C13H13ClN2O3. The highest BCUT2D eigenvalue weighted by molar-refractivity contribution is 6.30. The molecule has 0 radical (unpaired) electrons. The summed E-state index contributed by atoms with van der Waals surface area (Å²) in [5.41, 5.74) is 0.389. The van der Waals surface area contributed by atoms with Gasteiger partial charge >= 0.3 is 0 Å². The average Bonchev–Trinajstić information content (AvgIpc) is 2.86. The van der Waals surface area contributed by atoms with Crippen LogP contribution in [0.25, 0.3) is 0 Å². The van der Waals surface area contributed by atoms with Gasteiger partial charge in [0.15, 0.2) is 12.9 Å². The lowest BCUT2D eigenvalue weighted by molar-refractivity contribution is 0.111. The first kappa shape index (κ1) is 13.5. The van der Waals surface area contributed by atoms with Crippen molar-refractivity contribution in [3.05, 3.63) is 40.5 Å².